The van der Waals surface area contributed by atoms with Gasteiger partial charge >= 0.3 is 0 Å². The standard InChI is InChI=1S/C27H32F4N2O4S/c1-3-25(18-10-20(28)13-21(29)11-18)33-8-6-27(31,7-9-33)16-37-15-19-12-24(30)23(14-22(19)17-4-5-17)26(34)32-38(2,35)36/h10-14,17,25H,3-9,15-16H2,1-2H3,(H,32,34). The lowest BCUT2D eigenvalue weighted by atomic mass is 9.91. The fraction of sp³-hybridized carbons (Fsp3) is 0.519. The van der Waals surface area contributed by atoms with Gasteiger partial charge in [-0.25, -0.2) is 30.7 Å². The average Bonchev–Trinajstić information content (AvgIpc) is 3.64. The Morgan fingerprint density at radius 1 is 1.11 bits per heavy atom. The molecule has 2 aromatic carbocycles. The van der Waals surface area contributed by atoms with Gasteiger partial charge in [0.15, 0.2) is 0 Å². The van der Waals surface area contributed by atoms with Gasteiger partial charge in [0.2, 0.25) is 10.0 Å². The van der Waals surface area contributed by atoms with Crippen LogP contribution in [0.2, 0.25) is 0 Å². The number of ether oxygens (including phenoxy) is 1. The van der Waals surface area contributed by atoms with E-state index in [-0.39, 0.29) is 43.6 Å². The molecule has 0 aromatic heterocycles. The van der Waals surface area contributed by atoms with Crippen molar-refractivity contribution in [3.8, 4) is 0 Å². The zero-order valence-electron chi connectivity index (χ0n) is 21.4. The topological polar surface area (TPSA) is 75.7 Å². The highest BCUT2D eigenvalue weighted by Crippen LogP contribution is 2.43. The lowest BCUT2D eigenvalue weighted by molar-refractivity contribution is -0.0383. The largest absolute Gasteiger partial charge is 0.373 e. The number of likely N-dealkylation sites (tertiary alicyclic amines) is 1. The maximum Gasteiger partial charge on any atom is 0.267 e. The highest BCUT2D eigenvalue weighted by atomic mass is 32.2. The molecule has 4 rings (SSSR count). The van der Waals surface area contributed by atoms with Crippen molar-refractivity contribution < 1.29 is 35.5 Å². The lowest BCUT2D eigenvalue weighted by Gasteiger charge is -2.40. The van der Waals surface area contributed by atoms with Gasteiger partial charge in [0.05, 0.1) is 25.0 Å². The van der Waals surface area contributed by atoms with E-state index in [0.717, 1.165) is 31.2 Å². The monoisotopic (exact) mass is 556 g/mol. The van der Waals surface area contributed by atoms with Gasteiger partial charge in [-0.3, -0.25) is 9.69 Å². The molecule has 1 amide bonds. The Morgan fingerprint density at radius 2 is 1.74 bits per heavy atom. The molecule has 0 bridgehead atoms. The Kier molecular flexibility index (Phi) is 8.49. The predicted molar refractivity (Wildman–Crippen MR) is 134 cm³/mol. The van der Waals surface area contributed by atoms with E-state index in [1.807, 2.05) is 11.8 Å². The van der Waals surface area contributed by atoms with Gasteiger partial charge in [-0.2, -0.15) is 0 Å². The number of nitrogens with zero attached hydrogens (tertiary/aromatic N) is 1. The summed E-state index contributed by atoms with van der Waals surface area (Å²) in [5.41, 5.74) is -0.243. The van der Waals surface area contributed by atoms with Crippen LogP contribution in [-0.4, -0.2) is 50.8 Å². The van der Waals surface area contributed by atoms with E-state index in [9.17, 15) is 26.4 Å². The number of hydrogen-bond donors (Lipinski definition) is 1. The van der Waals surface area contributed by atoms with E-state index in [1.165, 1.54) is 18.2 Å². The number of carbonyl (C=O) groups excluding carboxylic acids is 1. The summed E-state index contributed by atoms with van der Waals surface area (Å²) < 4.78 is 88.0. The van der Waals surface area contributed by atoms with Crippen molar-refractivity contribution in [3.63, 3.8) is 0 Å². The van der Waals surface area contributed by atoms with Gasteiger partial charge in [-0.05, 0) is 79.0 Å². The molecule has 0 spiro atoms. The van der Waals surface area contributed by atoms with Crippen LogP contribution in [0.15, 0.2) is 30.3 Å². The number of sulfonamides is 1. The Morgan fingerprint density at radius 3 is 2.29 bits per heavy atom. The lowest BCUT2D eigenvalue weighted by Crippen LogP contribution is -2.45. The highest BCUT2D eigenvalue weighted by Gasteiger charge is 2.37. The number of carbonyl (C=O) groups is 1. The molecule has 1 aliphatic carbocycles. The van der Waals surface area contributed by atoms with Crippen LogP contribution < -0.4 is 4.72 Å². The third kappa shape index (κ3) is 7.12. The molecule has 1 saturated carbocycles. The molecule has 208 valence electrons. The zero-order valence-corrected chi connectivity index (χ0v) is 22.2. The summed E-state index contributed by atoms with van der Waals surface area (Å²) in [4.78, 5) is 14.2. The molecule has 38 heavy (non-hydrogen) atoms. The van der Waals surface area contributed by atoms with Crippen molar-refractivity contribution in [2.24, 2.45) is 0 Å². The minimum Gasteiger partial charge on any atom is -0.373 e. The SMILES string of the molecule is CCC(c1cc(F)cc(F)c1)N1CCC(F)(COCc2cc(F)c(C(=O)NS(C)(=O)=O)cc2C2CC2)CC1. The molecule has 1 unspecified atom stereocenters. The summed E-state index contributed by atoms with van der Waals surface area (Å²) in [6.07, 6.45) is 3.48. The molecule has 11 heteroatoms. The van der Waals surface area contributed by atoms with Crippen molar-refractivity contribution in [3.05, 3.63) is 70.0 Å². The first-order chi connectivity index (χ1) is 17.9. The fourth-order valence-electron chi connectivity index (χ4n) is 5.12. The number of rotatable bonds is 10. The summed E-state index contributed by atoms with van der Waals surface area (Å²) in [7, 11) is -3.85. The third-order valence-corrected chi connectivity index (χ3v) is 7.73. The van der Waals surface area contributed by atoms with Crippen molar-refractivity contribution in [2.75, 3.05) is 26.0 Å². The van der Waals surface area contributed by atoms with Crippen LogP contribution >= 0.6 is 0 Å². The van der Waals surface area contributed by atoms with Crippen LogP contribution in [-0.2, 0) is 21.4 Å². The number of alkyl halides is 1. The van der Waals surface area contributed by atoms with E-state index in [4.69, 9.17) is 4.74 Å². The first-order valence-electron chi connectivity index (χ1n) is 12.7. The van der Waals surface area contributed by atoms with Crippen LogP contribution in [0.5, 0.6) is 0 Å². The zero-order chi connectivity index (χ0) is 27.7. The van der Waals surface area contributed by atoms with Gasteiger partial charge in [-0.1, -0.05) is 6.92 Å². The van der Waals surface area contributed by atoms with Crippen LogP contribution in [0.4, 0.5) is 17.6 Å². The average molecular weight is 557 g/mol. The maximum atomic E-state index is 15.6. The second-order valence-electron chi connectivity index (χ2n) is 10.3. The van der Waals surface area contributed by atoms with E-state index >= 15 is 4.39 Å². The van der Waals surface area contributed by atoms with Gasteiger partial charge < -0.3 is 4.74 Å². The van der Waals surface area contributed by atoms with Crippen LogP contribution in [0.25, 0.3) is 0 Å². The van der Waals surface area contributed by atoms with Crippen LogP contribution in [0.1, 0.15) is 78.0 Å². The highest BCUT2D eigenvalue weighted by molar-refractivity contribution is 7.89. The number of halogens is 4. The minimum atomic E-state index is -3.85. The molecular weight excluding hydrogens is 524 g/mol. The predicted octanol–water partition coefficient (Wildman–Crippen LogP) is 5.14. The Bertz CT molecular complexity index is 1270. The van der Waals surface area contributed by atoms with E-state index in [2.05, 4.69) is 0 Å². The molecule has 6 nitrogen and oxygen atoms in total. The van der Waals surface area contributed by atoms with Gasteiger partial charge in [0, 0.05) is 25.2 Å². The van der Waals surface area contributed by atoms with Crippen LogP contribution in [0.3, 0.4) is 0 Å². The summed E-state index contributed by atoms with van der Waals surface area (Å²) in [5, 5.41) is 0. The summed E-state index contributed by atoms with van der Waals surface area (Å²) >= 11 is 0. The van der Waals surface area contributed by atoms with Crippen molar-refractivity contribution in [1.82, 2.24) is 9.62 Å². The molecular formula is C27H32F4N2O4S. The second kappa shape index (κ2) is 11.3. The Labute approximate surface area is 220 Å². The van der Waals surface area contributed by atoms with Gasteiger partial charge in [0.1, 0.15) is 23.1 Å². The second-order valence-corrected chi connectivity index (χ2v) is 12.1. The molecule has 1 aliphatic heterocycles. The van der Waals surface area contributed by atoms with Crippen molar-refractivity contribution >= 4 is 15.9 Å². The Hall–Kier alpha value is -2.50. The summed E-state index contributed by atoms with van der Waals surface area (Å²) in [6.45, 7) is 2.45. The molecule has 1 N–H and O–H groups in total. The van der Waals surface area contributed by atoms with Gasteiger partial charge in [-0.15, -0.1) is 0 Å². The van der Waals surface area contributed by atoms with Gasteiger partial charge in [0.25, 0.3) is 5.91 Å². The summed E-state index contributed by atoms with van der Waals surface area (Å²) in [6, 6.07) is 5.73. The first kappa shape index (κ1) is 28.5. The first-order valence-corrected chi connectivity index (χ1v) is 14.6. The number of amides is 1. The molecule has 1 saturated heterocycles. The molecule has 2 aromatic rings. The number of benzene rings is 2. The van der Waals surface area contributed by atoms with Crippen molar-refractivity contribution in [1.29, 1.82) is 0 Å². The third-order valence-electron chi connectivity index (χ3n) is 7.18. The van der Waals surface area contributed by atoms with Crippen molar-refractivity contribution in [2.45, 2.75) is 63.3 Å². The molecule has 2 aliphatic rings. The number of piperidine rings is 1. The van der Waals surface area contributed by atoms with E-state index in [1.54, 1.807) is 4.72 Å². The number of nitrogens with one attached hydrogen (secondary N) is 1. The molecule has 0 radical (unpaired) electrons. The van der Waals surface area contributed by atoms with E-state index < -0.39 is 39.1 Å². The van der Waals surface area contributed by atoms with Crippen LogP contribution in [0, 0.1) is 17.5 Å². The van der Waals surface area contributed by atoms with E-state index in [0.29, 0.717) is 36.2 Å². The summed E-state index contributed by atoms with van der Waals surface area (Å²) in [5.74, 6) is -3.10. The fourth-order valence-corrected chi connectivity index (χ4v) is 5.57. The Balaban J connectivity index is 1.37. The molecule has 1 atom stereocenters. The minimum absolute atomic E-state index is 0.0493. The quantitative estimate of drug-likeness (QED) is 0.410. The maximum absolute atomic E-state index is 15.6. The number of hydrogen-bond acceptors (Lipinski definition) is 5. The molecule has 2 fully saturated rings. The molecule has 1 heterocycles. The normalized spacial score (nSPS) is 18.8. The smallest absolute Gasteiger partial charge is 0.267 e.